The quantitative estimate of drug-likeness (QED) is 0.540. The number of carbonyl (C=O) groups excluding carboxylic acids is 1. The van der Waals surface area contributed by atoms with E-state index >= 15 is 0 Å². The van der Waals surface area contributed by atoms with Gasteiger partial charge in [0.15, 0.2) is 0 Å². The third-order valence-corrected chi connectivity index (χ3v) is 1.20. The predicted molar refractivity (Wildman–Crippen MR) is 38.6 cm³/mol. The van der Waals surface area contributed by atoms with E-state index in [0.29, 0.717) is 0 Å². The lowest BCUT2D eigenvalue weighted by Gasteiger charge is -1.90. The van der Waals surface area contributed by atoms with Crippen LogP contribution in [-0.4, -0.2) is 5.97 Å². The van der Waals surface area contributed by atoms with Crippen LogP contribution in [0.25, 0.3) is 0 Å². The van der Waals surface area contributed by atoms with Gasteiger partial charge in [-0.3, -0.25) is 0 Å². The van der Waals surface area contributed by atoms with Crippen LogP contribution in [-0.2, 0) is 4.79 Å². The van der Waals surface area contributed by atoms with Crippen molar-refractivity contribution in [2.75, 3.05) is 0 Å². The second-order valence-corrected chi connectivity index (χ2v) is 2.32. The fourth-order valence-corrected chi connectivity index (χ4v) is 0.697. The van der Waals surface area contributed by atoms with Gasteiger partial charge in [-0.15, -0.1) is 0 Å². The summed E-state index contributed by atoms with van der Waals surface area (Å²) in [6.45, 7) is 3.34. The lowest BCUT2D eigenvalue weighted by atomic mass is 10.3. The molecular weight excluding hydrogens is 142 g/mol. The molecule has 0 aliphatic rings. The van der Waals surface area contributed by atoms with E-state index < -0.39 is 0 Å². The van der Waals surface area contributed by atoms with E-state index in [1.54, 1.807) is 12.4 Å². The molecule has 11 heavy (non-hydrogen) atoms. The minimum absolute atomic E-state index is 0.321. The van der Waals surface area contributed by atoms with Crippen molar-refractivity contribution in [2.24, 2.45) is 0 Å². The zero-order chi connectivity index (χ0) is 8.27. The van der Waals surface area contributed by atoms with Crippen LogP contribution < -0.4 is 9.57 Å². The van der Waals surface area contributed by atoms with Crippen molar-refractivity contribution in [3.63, 3.8) is 0 Å². The molecule has 0 atom stereocenters. The highest BCUT2D eigenvalue weighted by atomic mass is 16.7. The van der Waals surface area contributed by atoms with Crippen LogP contribution in [0.15, 0.2) is 24.5 Å². The number of pyridine rings is 1. The number of hydrogen-bond donors (Lipinski definition) is 0. The molecule has 0 fully saturated rings. The SMILES string of the molecule is CC(=O)O[n+]1ccc(C)cc1. The summed E-state index contributed by atoms with van der Waals surface area (Å²) in [5.74, 6) is -0.321. The van der Waals surface area contributed by atoms with Crippen LogP contribution in [0, 0.1) is 6.92 Å². The molecule has 0 amide bonds. The Labute approximate surface area is 65.2 Å². The summed E-state index contributed by atoms with van der Waals surface area (Å²) < 4.78 is 1.37. The summed E-state index contributed by atoms with van der Waals surface area (Å²) in [7, 11) is 0. The summed E-state index contributed by atoms with van der Waals surface area (Å²) >= 11 is 0. The van der Waals surface area contributed by atoms with Crippen molar-refractivity contribution in [1.29, 1.82) is 0 Å². The van der Waals surface area contributed by atoms with E-state index in [1.807, 2.05) is 19.1 Å². The van der Waals surface area contributed by atoms with E-state index in [-0.39, 0.29) is 5.97 Å². The molecule has 1 heterocycles. The average molecular weight is 152 g/mol. The monoisotopic (exact) mass is 152 g/mol. The van der Waals surface area contributed by atoms with Crippen molar-refractivity contribution in [2.45, 2.75) is 13.8 Å². The lowest BCUT2D eigenvalue weighted by molar-refractivity contribution is -0.869. The van der Waals surface area contributed by atoms with Gasteiger partial charge >= 0.3 is 5.97 Å². The Balaban J connectivity index is 2.74. The Morgan fingerprint density at radius 1 is 1.45 bits per heavy atom. The summed E-state index contributed by atoms with van der Waals surface area (Å²) in [6, 6.07) is 3.73. The fourth-order valence-electron chi connectivity index (χ4n) is 0.697. The molecule has 0 aliphatic heterocycles. The number of carbonyl (C=O) groups is 1. The van der Waals surface area contributed by atoms with Crippen LogP contribution in [0.1, 0.15) is 12.5 Å². The fraction of sp³-hybridized carbons (Fsp3) is 0.250. The highest BCUT2D eigenvalue weighted by Gasteiger charge is 2.02. The van der Waals surface area contributed by atoms with E-state index in [4.69, 9.17) is 4.84 Å². The standard InChI is InChI=1S/C8H10NO2/c1-7-3-5-9(6-4-7)11-8(2)10/h3-6H,1-2H3/q+1. The number of aryl methyl sites for hydroxylation is 1. The Morgan fingerprint density at radius 3 is 2.45 bits per heavy atom. The third-order valence-electron chi connectivity index (χ3n) is 1.20. The number of nitrogens with zero attached hydrogens (tertiary/aromatic N) is 1. The Bertz CT molecular complexity index is 253. The summed E-state index contributed by atoms with van der Waals surface area (Å²) in [6.07, 6.45) is 3.38. The molecule has 0 spiro atoms. The molecule has 0 aliphatic carbocycles. The van der Waals surface area contributed by atoms with Gasteiger partial charge in [-0.25, -0.2) is 4.79 Å². The first kappa shape index (κ1) is 7.72. The maximum atomic E-state index is 10.5. The smallest absolute Gasteiger partial charge is 0.245 e. The topological polar surface area (TPSA) is 30.2 Å². The van der Waals surface area contributed by atoms with Gasteiger partial charge in [0.25, 0.3) is 0 Å². The molecule has 1 rings (SSSR count). The normalized spacial score (nSPS) is 9.27. The van der Waals surface area contributed by atoms with Crippen molar-refractivity contribution in [1.82, 2.24) is 0 Å². The maximum Gasteiger partial charge on any atom is 0.377 e. The van der Waals surface area contributed by atoms with E-state index in [1.165, 1.54) is 11.7 Å². The maximum absolute atomic E-state index is 10.5. The van der Waals surface area contributed by atoms with E-state index in [9.17, 15) is 4.79 Å². The largest absolute Gasteiger partial charge is 0.377 e. The van der Waals surface area contributed by atoms with Gasteiger partial charge < -0.3 is 0 Å². The molecule has 0 aromatic carbocycles. The molecule has 3 heteroatoms. The van der Waals surface area contributed by atoms with Crippen molar-refractivity contribution >= 4 is 5.97 Å². The third kappa shape index (κ3) is 2.37. The molecule has 0 saturated carbocycles. The van der Waals surface area contributed by atoms with Crippen LogP contribution in [0.3, 0.4) is 0 Å². The molecule has 0 N–H and O–H groups in total. The molecule has 3 nitrogen and oxygen atoms in total. The highest BCUT2D eigenvalue weighted by molar-refractivity contribution is 5.65. The average Bonchev–Trinajstić information content (AvgIpc) is 1.93. The molecule has 0 saturated heterocycles. The van der Waals surface area contributed by atoms with E-state index in [0.717, 1.165) is 5.56 Å². The van der Waals surface area contributed by atoms with Gasteiger partial charge in [0.2, 0.25) is 12.4 Å². The minimum Gasteiger partial charge on any atom is -0.245 e. The van der Waals surface area contributed by atoms with E-state index in [2.05, 4.69) is 0 Å². The molecule has 1 aromatic rings. The van der Waals surface area contributed by atoms with Gasteiger partial charge in [-0.1, -0.05) is 0 Å². The van der Waals surface area contributed by atoms with Crippen molar-refractivity contribution in [3.05, 3.63) is 30.1 Å². The summed E-state index contributed by atoms with van der Waals surface area (Å²) in [4.78, 5) is 15.2. The number of aromatic nitrogens is 1. The molecule has 0 radical (unpaired) electrons. The summed E-state index contributed by atoms with van der Waals surface area (Å²) in [5, 5.41) is 0. The van der Waals surface area contributed by atoms with Crippen LogP contribution >= 0.6 is 0 Å². The van der Waals surface area contributed by atoms with Crippen molar-refractivity contribution < 1.29 is 14.4 Å². The van der Waals surface area contributed by atoms with Gasteiger partial charge in [-0.05, 0) is 12.5 Å². The van der Waals surface area contributed by atoms with Gasteiger partial charge in [0.1, 0.15) is 0 Å². The molecule has 1 aromatic heterocycles. The minimum atomic E-state index is -0.321. The van der Waals surface area contributed by atoms with Gasteiger partial charge in [-0.2, -0.15) is 4.84 Å². The number of hydrogen-bond acceptors (Lipinski definition) is 2. The molecule has 0 bridgehead atoms. The Hall–Kier alpha value is -1.38. The lowest BCUT2D eigenvalue weighted by Crippen LogP contribution is -2.44. The second kappa shape index (κ2) is 3.14. The zero-order valence-electron chi connectivity index (χ0n) is 6.57. The first-order valence-corrected chi connectivity index (χ1v) is 3.35. The number of rotatable bonds is 1. The molecule has 58 valence electrons. The predicted octanol–water partition coefficient (Wildman–Crippen LogP) is 0.258. The van der Waals surface area contributed by atoms with Gasteiger partial charge in [0.05, 0.1) is 0 Å². The Morgan fingerprint density at radius 2 is 2.00 bits per heavy atom. The molecular formula is C8H10NO2+. The van der Waals surface area contributed by atoms with Crippen LogP contribution in [0.4, 0.5) is 0 Å². The Kier molecular flexibility index (Phi) is 2.21. The zero-order valence-corrected chi connectivity index (χ0v) is 6.57. The molecule has 0 unspecified atom stereocenters. The highest BCUT2D eigenvalue weighted by Crippen LogP contribution is 1.88. The van der Waals surface area contributed by atoms with Gasteiger partial charge in [0, 0.05) is 23.8 Å². The van der Waals surface area contributed by atoms with Crippen LogP contribution in [0.2, 0.25) is 0 Å². The van der Waals surface area contributed by atoms with Crippen molar-refractivity contribution in [3.8, 4) is 0 Å². The first-order valence-electron chi connectivity index (χ1n) is 3.35. The van der Waals surface area contributed by atoms with Crippen LogP contribution in [0.5, 0.6) is 0 Å². The first-order chi connectivity index (χ1) is 5.18. The second-order valence-electron chi connectivity index (χ2n) is 2.32. The summed E-state index contributed by atoms with van der Waals surface area (Å²) in [5.41, 5.74) is 1.13.